The Hall–Kier alpha value is -1.25. The first-order valence-electron chi connectivity index (χ1n) is 13.3. The molecule has 0 saturated carbocycles. The molecular weight excluding hydrogens is 461 g/mol. The van der Waals surface area contributed by atoms with Gasteiger partial charge in [-0.3, -0.25) is 0 Å². The van der Waals surface area contributed by atoms with Crippen LogP contribution in [0.2, 0.25) is 0 Å². The highest BCUT2D eigenvalue weighted by molar-refractivity contribution is 7.42. The van der Waals surface area contributed by atoms with Gasteiger partial charge in [0, 0.05) is 6.04 Å². The van der Waals surface area contributed by atoms with Crippen LogP contribution in [0.1, 0.15) is 136 Å². The van der Waals surface area contributed by atoms with Gasteiger partial charge in [0.25, 0.3) is 8.53 Å². The lowest BCUT2D eigenvalue weighted by molar-refractivity contribution is 0.261. The van der Waals surface area contributed by atoms with Gasteiger partial charge in [-0.2, -0.15) is 0 Å². The van der Waals surface area contributed by atoms with E-state index in [1.54, 1.807) is 0 Å². The van der Waals surface area contributed by atoms with E-state index in [-0.39, 0.29) is 33.7 Å². The molecule has 0 aliphatic rings. The first kappa shape index (κ1) is 31.0. The third kappa shape index (κ3) is 7.41. The van der Waals surface area contributed by atoms with Crippen molar-refractivity contribution in [3.05, 3.63) is 69.8 Å². The van der Waals surface area contributed by atoms with Crippen molar-refractivity contribution in [2.75, 3.05) is 0 Å². The van der Waals surface area contributed by atoms with Gasteiger partial charge in [0.05, 0.1) is 6.04 Å². The Kier molecular flexibility index (Phi) is 9.02. The first-order valence-corrected chi connectivity index (χ1v) is 14.5. The second kappa shape index (κ2) is 10.5. The van der Waals surface area contributed by atoms with Gasteiger partial charge < -0.3 is 9.79 Å². The molecule has 2 N–H and O–H groups in total. The lowest BCUT2D eigenvalue weighted by Crippen LogP contribution is -2.32. The number of hydrogen-bond acceptors (Lipinski definition) is 3. The minimum atomic E-state index is -2.31. The molecule has 2 rings (SSSR count). The van der Waals surface area contributed by atoms with Gasteiger partial charge in [0.1, 0.15) is 0 Å². The third-order valence-electron chi connectivity index (χ3n) is 7.01. The van der Waals surface area contributed by atoms with Crippen molar-refractivity contribution < 1.29 is 9.79 Å². The molecule has 0 aromatic heterocycles. The van der Waals surface area contributed by atoms with Crippen LogP contribution in [-0.4, -0.2) is 20.5 Å². The Morgan fingerprint density at radius 2 is 0.778 bits per heavy atom. The fraction of sp³-hybridized carbons (Fsp3) is 0.625. The summed E-state index contributed by atoms with van der Waals surface area (Å²) in [5, 5.41) is 0. The molecule has 0 amide bonds. The molecule has 2 aromatic rings. The van der Waals surface area contributed by atoms with E-state index in [4.69, 9.17) is 0 Å². The van der Waals surface area contributed by atoms with Gasteiger partial charge in [-0.15, -0.1) is 0 Å². The molecule has 0 bridgehead atoms. The summed E-state index contributed by atoms with van der Waals surface area (Å²) in [5.41, 5.74) is 7.16. The van der Waals surface area contributed by atoms with E-state index >= 15 is 0 Å². The Labute approximate surface area is 223 Å². The second-order valence-electron chi connectivity index (χ2n) is 14.8. The second-order valence-corrected chi connectivity index (χ2v) is 15.8. The molecule has 0 fully saturated rings. The average Bonchev–Trinajstić information content (AvgIpc) is 2.68. The maximum absolute atomic E-state index is 10.7. The summed E-state index contributed by atoms with van der Waals surface area (Å²) in [6, 6.07) is 13.5. The predicted molar refractivity (Wildman–Crippen MR) is 158 cm³/mol. The summed E-state index contributed by atoms with van der Waals surface area (Å²) >= 11 is 0. The number of hydrogen-bond donors (Lipinski definition) is 2. The maximum Gasteiger partial charge on any atom is 0.254 e. The van der Waals surface area contributed by atoms with E-state index < -0.39 is 8.53 Å². The van der Waals surface area contributed by atoms with Crippen LogP contribution < -0.4 is 0 Å². The summed E-state index contributed by atoms with van der Waals surface area (Å²) in [5.74, 6) is 0. The van der Waals surface area contributed by atoms with Crippen LogP contribution in [0.3, 0.4) is 0 Å². The highest BCUT2D eigenvalue weighted by atomic mass is 31.2. The van der Waals surface area contributed by atoms with Crippen LogP contribution in [0.25, 0.3) is 0 Å². The molecule has 0 radical (unpaired) electrons. The van der Waals surface area contributed by atoms with Crippen molar-refractivity contribution in [1.29, 1.82) is 0 Å². The van der Waals surface area contributed by atoms with Gasteiger partial charge >= 0.3 is 0 Å². The van der Waals surface area contributed by atoms with E-state index in [1.165, 1.54) is 22.3 Å². The molecule has 3 nitrogen and oxygen atoms in total. The molecule has 4 heteroatoms. The smallest absolute Gasteiger partial charge is 0.254 e. The van der Waals surface area contributed by atoms with Crippen LogP contribution in [0.4, 0.5) is 0 Å². The zero-order chi connectivity index (χ0) is 28.0. The summed E-state index contributed by atoms with van der Waals surface area (Å²) in [7, 11) is -2.31. The molecule has 0 heterocycles. The molecule has 2 aromatic carbocycles. The number of benzene rings is 2. The Balaban J connectivity index is 3.04. The Morgan fingerprint density at radius 1 is 0.528 bits per heavy atom. The SMILES string of the molecule is CC(C)N(C(c1cc(C(C)(C)C)cc(C(C)(C)C)c1)c1cc(C(C)(C)C)cc(C(C)(C)C)c1)P(O)O. The highest BCUT2D eigenvalue weighted by Gasteiger charge is 2.34. The van der Waals surface area contributed by atoms with Gasteiger partial charge in [-0.25, -0.2) is 4.67 Å². The lowest BCUT2D eigenvalue weighted by Gasteiger charge is -2.38. The topological polar surface area (TPSA) is 43.7 Å². The highest BCUT2D eigenvalue weighted by Crippen LogP contribution is 2.47. The molecule has 0 atom stereocenters. The summed E-state index contributed by atoms with van der Waals surface area (Å²) in [6.07, 6.45) is 0. The van der Waals surface area contributed by atoms with Crippen molar-refractivity contribution in [2.24, 2.45) is 0 Å². The van der Waals surface area contributed by atoms with E-state index in [0.717, 1.165) is 11.1 Å². The first-order chi connectivity index (χ1) is 16.0. The van der Waals surface area contributed by atoms with Crippen molar-refractivity contribution in [1.82, 2.24) is 4.67 Å². The fourth-order valence-corrected chi connectivity index (χ4v) is 5.34. The third-order valence-corrected chi connectivity index (χ3v) is 8.11. The van der Waals surface area contributed by atoms with Gasteiger partial charge in [0.2, 0.25) is 0 Å². The molecule has 202 valence electrons. The van der Waals surface area contributed by atoms with E-state index in [9.17, 15) is 9.79 Å². The molecule has 0 aliphatic carbocycles. The summed E-state index contributed by atoms with van der Waals surface area (Å²) < 4.78 is 1.89. The van der Waals surface area contributed by atoms with Crippen LogP contribution >= 0.6 is 8.53 Å². The van der Waals surface area contributed by atoms with Crippen molar-refractivity contribution in [2.45, 2.75) is 131 Å². The zero-order valence-corrected chi connectivity index (χ0v) is 26.3. The number of rotatable bonds is 5. The minimum absolute atomic E-state index is 0.0315. The Bertz CT molecular complexity index is 896. The zero-order valence-electron chi connectivity index (χ0n) is 25.4. The van der Waals surface area contributed by atoms with Crippen LogP contribution in [0, 0.1) is 0 Å². The van der Waals surface area contributed by atoms with Crippen LogP contribution in [-0.2, 0) is 21.7 Å². The van der Waals surface area contributed by atoms with Crippen molar-refractivity contribution >= 4 is 8.53 Å². The summed E-state index contributed by atoms with van der Waals surface area (Å²) in [6.45, 7) is 31.1. The fourth-order valence-electron chi connectivity index (χ4n) is 4.46. The average molecular weight is 514 g/mol. The molecule has 0 spiro atoms. The van der Waals surface area contributed by atoms with Crippen molar-refractivity contribution in [3.63, 3.8) is 0 Å². The molecule has 36 heavy (non-hydrogen) atoms. The standard InChI is InChI=1S/C32H52NO2P/c1-21(2)33(36(34)35)28(22-15-24(29(3,4)5)19-25(16-22)30(6,7)8)23-17-26(31(9,10)11)20-27(18-23)32(12,13)14/h15-21,28,34-35H,1-14H3. The van der Waals surface area contributed by atoms with E-state index in [0.29, 0.717) is 0 Å². The largest absolute Gasteiger partial charge is 0.338 e. The van der Waals surface area contributed by atoms with Crippen LogP contribution in [0.15, 0.2) is 36.4 Å². The predicted octanol–water partition coefficient (Wildman–Crippen LogP) is 8.89. The monoisotopic (exact) mass is 513 g/mol. The Morgan fingerprint density at radius 3 is 0.944 bits per heavy atom. The lowest BCUT2D eigenvalue weighted by atomic mass is 9.76. The van der Waals surface area contributed by atoms with Gasteiger partial charge in [0.15, 0.2) is 0 Å². The number of nitrogens with zero attached hydrogens (tertiary/aromatic N) is 1. The van der Waals surface area contributed by atoms with Crippen molar-refractivity contribution in [3.8, 4) is 0 Å². The molecular formula is C32H52NO2P. The van der Waals surface area contributed by atoms with Gasteiger partial charge in [-0.05, 0) is 68.9 Å². The van der Waals surface area contributed by atoms with E-state index in [1.807, 2.05) is 18.5 Å². The minimum Gasteiger partial charge on any atom is -0.338 e. The molecule has 0 saturated heterocycles. The normalized spacial score (nSPS) is 14.0. The van der Waals surface area contributed by atoms with Crippen LogP contribution in [0.5, 0.6) is 0 Å². The maximum atomic E-state index is 10.7. The van der Waals surface area contributed by atoms with Gasteiger partial charge in [-0.1, -0.05) is 119 Å². The summed E-state index contributed by atoms with van der Waals surface area (Å²) in [4.78, 5) is 21.5. The van der Waals surface area contributed by atoms with E-state index in [2.05, 4.69) is 119 Å². The molecule has 0 unspecified atom stereocenters. The molecule has 0 aliphatic heterocycles. The quantitative estimate of drug-likeness (QED) is 0.392.